The van der Waals surface area contributed by atoms with Crippen molar-refractivity contribution >= 4 is 58.3 Å². The van der Waals surface area contributed by atoms with Crippen LogP contribution in [0.5, 0.6) is 5.75 Å². The van der Waals surface area contributed by atoms with Crippen LogP contribution in [0.2, 0.25) is 5.02 Å². The fourth-order valence-corrected chi connectivity index (χ4v) is 4.76. The number of anilines is 1. The molecule has 1 aliphatic heterocycles. The molecule has 2 aromatic heterocycles. The normalized spacial score (nSPS) is 15.3. The highest BCUT2D eigenvalue weighted by molar-refractivity contribution is 8.18. The van der Waals surface area contributed by atoms with Crippen LogP contribution >= 0.6 is 23.4 Å². The van der Waals surface area contributed by atoms with Crippen LogP contribution in [0.1, 0.15) is 16.9 Å². The number of halogens is 2. The van der Waals surface area contributed by atoms with Gasteiger partial charge in [-0.1, -0.05) is 17.7 Å². The largest absolute Gasteiger partial charge is 0.483 e. The zero-order chi connectivity index (χ0) is 28.6. The summed E-state index contributed by atoms with van der Waals surface area (Å²) in [5, 5.41) is 11.8. The van der Waals surface area contributed by atoms with E-state index in [0.29, 0.717) is 37.9 Å². The van der Waals surface area contributed by atoms with E-state index < -0.39 is 11.7 Å². The Morgan fingerprint density at radius 1 is 1.17 bits per heavy atom. The molecule has 0 radical (unpaired) electrons. The molecule has 0 unspecified atom stereocenters. The summed E-state index contributed by atoms with van der Waals surface area (Å²) in [6, 6.07) is 17.3. The zero-order valence-corrected chi connectivity index (χ0v) is 22.8. The van der Waals surface area contributed by atoms with Gasteiger partial charge in [0.05, 0.1) is 23.9 Å². The molecule has 1 aliphatic rings. The lowest BCUT2D eigenvalue weighted by atomic mass is 10.2. The topological polar surface area (TPSA) is 109 Å². The number of hydrogen-bond donors (Lipinski definition) is 1. The minimum atomic E-state index is -0.443. The Hall–Kier alpha value is -4.74. The Labute approximate surface area is 243 Å². The number of nitrogens with zero attached hydrogens (tertiary/aromatic N) is 4. The number of carbonyl (C=O) groups excluding carboxylic acids is 2. The summed E-state index contributed by atoms with van der Waals surface area (Å²) >= 11 is 7.37. The molecule has 5 rings (SSSR count). The second kappa shape index (κ2) is 13.1. The molecule has 9 nitrogen and oxygen atoms in total. The van der Waals surface area contributed by atoms with Gasteiger partial charge >= 0.3 is 0 Å². The Morgan fingerprint density at radius 3 is 2.78 bits per heavy atom. The molecule has 3 heterocycles. The third-order valence-electron chi connectivity index (χ3n) is 5.56. The fraction of sp³-hybridized carbons (Fsp3) is 0.0690. The molecular weight excluding hydrogens is 569 g/mol. The van der Waals surface area contributed by atoms with Gasteiger partial charge in [-0.15, -0.1) is 5.10 Å². The number of rotatable bonds is 9. The predicted octanol–water partition coefficient (Wildman–Crippen LogP) is 5.99. The van der Waals surface area contributed by atoms with Crippen molar-refractivity contribution in [1.82, 2.24) is 9.88 Å². The standard InChI is InChI=1S/C29H21ClFN5O4S/c30-21-5-10-25(40-18-27(37)34-23-8-6-22(31)7-9-23)20(13-21)14-26-28(38)36(17-24-4-2-12-39-24)29(41-26)35-33-16-19-3-1-11-32-15-19/h1-16H,17-18H2,(H,34,37)/b26-14-,33-16+,35-29-. The molecule has 41 heavy (non-hydrogen) atoms. The van der Waals surface area contributed by atoms with Gasteiger partial charge in [-0.05, 0) is 78.5 Å². The lowest BCUT2D eigenvalue weighted by Gasteiger charge is -2.13. The Morgan fingerprint density at radius 2 is 2.02 bits per heavy atom. The molecule has 0 bridgehead atoms. The number of ether oxygens (including phenoxy) is 1. The van der Waals surface area contributed by atoms with Gasteiger partial charge in [0, 0.05) is 34.2 Å². The molecule has 4 aromatic rings. The first-order valence-corrected chi connectivity index (χ1v) is 13.4. The summed E-state index contributed by atoms with van der Waals surface area (Å²) in [5.41, 5.74) is 1.67. The second-order valence-electron chi connectivity index (χ2n) is 8.52. The van der Waals surface area contributed by atoms with Gasteiger partial charge in [-0.3, -0.25) is 19.5 Å². The molecule has 2 amide bonds. The molecule has 206 valence electrons. The van der Waals surface area contributed by atoms with E-state index in [2.05, 4.69) is 20.5 Å². The Kier molecular flexibility index (Phi) is 8.87. The minimum Gasteiger partial charge on any atom is -0.483 e. The number of hydrogen-bond acceptors (Lipinski definition) is 8. The van der Waals surface area contributed by atoms with Gasteiger partial charge < -0.3 is 14.5 Å². The SMILES string of the molecule is O=C(COc1ccc(Cl)cc1/C=C1\S/C(=N\N=C\c2cccnc2)N(Cc2ccco2)C1=O)Nc1ccc(F)cc1. The van der Waals surface area contributed by atoms with E-state index in [4.69, 9.17) is 20.8 Å². The van der Waals surface area contributed by atoms with E-state index in [9.17, 15) is 14.0 Å². The van der Waals surface area contributed by atoms with Crippen LogP contribution in [0.15, 0.2) is 105 Å². The van der Waals surface area contributed by atoms with Gasteiger partial charge in [-0.2, -0.15) is 5.10 Å². The van der Waals surface area contributed by atoms with Gasteiger partial charge in [0.25, 0.3) is 11.8 Å². The number of thioether (sulfide) groups is 1. The van der Waals surface area contributed by atoms with Crippen molar-refractivity contribution in [3.63, 3.8) is 0 Å². The molecule has 0 aliphatic carbocycles. The number of aromatic nitrogens is 1. The van der Waals surface area contributed by atoms with E-state index in [-0.39, 0.29) is 19.1 Å². The highest BCUT2D eigenvalue weighted by Gasteiger charge is 2.34. The maximum Gasteiger partial charge on any atom is 0.267 e. The molecular formula is C29H21ClFN5O4S. The van der Waals surface area contributed by atoms with E-state index in [1.54, 1.807) is 54.9 Å². The van der Waals surface area contributed by atoms with Crippen LogP contribution in [0.25, 0.3) is 6.08 Å². The zero-order valence-electron chi connectivity index (χ0n) is 21.2. The van der Waals surface area contributed by atoms with E-state index in [1.165, 1.54) is 41.6 Å². The number of amidine groups is 1. The Bertz CT molecular complexity index is 1630. The van der Waals surface area contributed by atoms with Gasteiger partial charge in [-0.25, -0.2) is 4.39 Å². The van der Waals surface area contributed by atoms with Gasteiger partial charge in [0.2, 0.25) is 0 Å². The quantitative estimate of drug-likeness (QED) is 0.146. The summed E-state index contributed by atoms with van der Waals surface area (Å²) in [6.07, 6.45) is 7.98. The van der Waals surface area contributed by atoms with Crippen LogP contribution in [-0.2, 0) is 16.1 Å². The van der Waals surface area contributed by atoms with Crippen molar-refractivity contribution in [2.75, 3.05) is 11.9 Å². The third kappa shape index (κ3) is 7.47. The summed E-state index contributed by atoms with van der Waals surface area (Å²) < 4.78 is 24.3. The molecule has 0 spiro atoms. The predicted molar refractivity (Wildman–Crippen MR) is 156 cm³/mol. The highest BCUT2D eigenvalue weighted by Crippen LogP contribution is 2.36. The van der Waals surface area contributed by atoms with Crippen molar-refractivity contribution in [3.05, 3.63) is 118 Å². The minimum absolute atomic E-state index is 0.153. The molecule has 0 atom stereocenters. The van der Waals surface area contributed by atoms with Crippen LogP contribution < -0.4 is 10.1 Å². The maximum absolute atomic E-state index is 13.5. The first-order chi connectivity index (χ1) is 19.9. The number of nitrogens with one attached hydrogen (secondary N) is 1. The lowest BCUT2D eigenvalue weighted by Crippen LogP contribution is -2.28. The summed E-state index contributed by atoms with van der Waals surface area (Å²) in [5.74, 6) is -0.262. The number of furan rings is 1. The summed E-state index contributed by atoms with van der Waals surface area (Å²) in [7, 11) is 0. The second-order valence-corrected chi connectivity index (χ2v) is 9.97. The first kappa shape index (κ1) is 27.8. The first-order valence-electron chi connectivity index (χ1n) is 12.2. The molecule has 1 saturated heterocycles. The van der Waals surface area contributed by atoms with Crippen molar-refractivity contribution in [3.8, 4) is 5.75 Å². The van der Waals surface area contributed by atoms with Gasteiger partial charge in [0.15, 0.2) is 11.8 Å². The smallest absolute Gasteiger partial charge is 0.267 e. The number of pyridine rings is 1. The molecule has 2 aromatic carbocycles. The summed E-state index contributed by atoms with van der Waals surface area (Å²) in [4.78, 5) is 31.7. The Balaban J connectivity index is 1.36. The van der Waals surface area contributed by atoms with Gasteiger partial charge in [0.1, 0.15) is 17.3 Å². The van der Waals surface area contributed by atoms with Crippen LogP contribution in [-0.4, -0.2) is 39.7 Å². The average Bonchev–Trinajstić information content (AvgIpc) is 3.59. The highest BCUT2D eigenvalue weighted by atomic mass is 35.5. The molecule has 0 saturated carbocycles. The van der Waals surface area contributed by atoms with Crippen molar-refractivity contribution < 1.29 is 23.1 Å². The monoisotopic (exact) mass is 589 g/mol. The van der Waals surface area contributed by atoms with Crippen LogP contribution in [0, 0.1) is 5.82 Å². The van der Waals surface area contributed by atoms with Crippen molar-refractivity contribution in [2.24, 2.45) is 10.2 Å². The number of carbonyl (C=O) groups is 2. The number of benzene rings is 2. The van der Waals surface area contributed by atoms with E-state index >= 15 is 0 Å². The van der Waals surface area contributed by atoms with E-state index in [1.807, 2.05) is 6.07 Å². The number of amides is 2. The third-order valence-corrected chi connectivity index (χ3v) is 6.79. The van der Waals surface area contributed by atoms with Crippen molar-refractivity contribution in [2.45, 2.75) is 6.54 Å². The molecule has 12 heteroatoms. The maximum atomic E-state index is 13.5. The van der Waals surface area contributed by atoms with E-state index in [0.717, 1.165) is 17.3 Å². The average molecular weight is 590 g/mol. The van der Waals surface area contributed by atoms with Crippen LogP contribution in [0.3, 0.4) is 0 Å². The van der Waals surface area contributed by atoms with Crippen LogP contribution in [0.4, 0.5) is 10.1 Å². The summed E-state index contributed by atoms with van der Waals surface area (Å²) in [6.45, 7) is -0.170. The fourth-order valence-electron chi connectivity index (χ4n) is 3.66. The molecule has 1 fully saturated rings. The van der Waals surface area contributed by atoms with Crippen molar-refractivity contribution in [1.29, 1.82) is 0 Å². The lowest BCUT2D eigenvalue weighted by molar-refractivity contribution is -0.122. The molecule has 1 N–H and O–H groups in total.